The third-order valence-electron chi connectivity index (χ3n) is 5.12. The molecule has 0 bridgehead atoms. The Balaban J connectivity index is 1.69. The van der Waals surface area contributed by atoms with Crippen molar-refractivity contribution in [1.29, 1.82) is 0 Å². The number of fused-ring (bicyclic) bond motifs is 1. The first-order valence-corrected chi connectivity index (χ1v) is 10.0. The van der Waals surface area contributed by atoms with Crippen LogP contribution in [0.15, 0.2) is 78.9 Å². The molecule has 0 spiro atoms. The number of hydrogen-bond acceptors (Lipinski definition) is 2. The quantitative estimate of drug-likeness (QED) is 0.458. The van der Waals surface area contributed by atoms with E-state index in [-0.39, 0.29) is 11.9 Å². The fourth-order valence-electron chi connectivity index (χ4n) is 3.49. The molecule has 2 atom stereocenters. The first kappa shape index (κ1) is 19.2. The van der Waals surface area contributed by atoms with Crippen LogP contribution in [-0.2, 0) is 4.79 Å². The summed E-state index contributed by atoms with van der Waals surface area (Å²) in [5, 5.41) is 9.47. The molecule has 4 rings (SSSR count). The lowest BCUT2D eigenvalue weighted by Crippen LogP contribution is -2.33. The van der Waals surface area contributed by atoms with Gasteiger partial charge in [-0.3, -0.25) is 9.48 Å². The lowest BCUT2D eigenvalue weighted by Gasteiger charge is -2.19. The van der Waals surface area contributed by atoms with Gasteiger partial charge >= 0.3 is 0 Å². The minimum absolute atomic E-state index is 0.0830. The second-order valence-electron chi connectivity index (χ2n) is 7.14. The summed E-state index contributed by atoms with van der Waals surface area (Å²) in [5.41, 5.74) is 3.75. The van der Waals surface area contributed by atoms with Crippen LogP contribution in [0.2, 0.25) is 5.02 Å². The van der Waals surface area contributed by atoms with E-state index < -0.39 is 6.04 Å². The van der Waals surface area contributed by atoms with Gasteiger partial charge in [0.25, 0.3) is 0 Å². The molecule has 0 aliphatic carbocycles. The molecule has 0 saturated carbocycles. The second kappa shape index (κ2) is 8.10. The number of aromatic nitrogens is 2. The molecule has 29 heavy (non-hydrogen) atoms. The third kappa shape index (κ3) is 3.89. The number of nitrogens with zero attached hydrogens (tertiary/aromatic N) is 2. The SMILES string of the molecule is C[C@H](NC(=O)[C@@H](C)n1nc(-c2ccccc2)c2cc(Cl)ccc21)c1ccccc1. The van der Waals surface area contributed by atoms with Gasteiger partial charge in [-0.25, -0.2) is 0 Å². The maximum absolute atomic E-state index is 13.0. The predicted molar refractivity (Wildman–Crippen MR) is 118 cm³/mol. The van der Waals surface area contributed by atoms with Crippen molar-refractivity contribution < 1.29 is 4.79 Å². The molecule has 0 unspecified atom stereocenters. The molecule has 1 aromatic heterocycles. The largest absolute Gasteiger partial charge is 0.348 e. The zero-order chi connectivity index (χ0) is 20.4. The standard InChI is InChI=1S/C24H22ClN3O/c1-16(18-9-5-3-6-10-18)26-24(29)17(2)28-22-14-13-20(25)15-21(22)23(27-28)19-11-7-4-8-12-19/h3-17H,1-2H3,(H,26,29)/t16-,17+/m0/s1. The van der Waals surface area contributed by atoms with Crippen molar-refractivity contribution in [2.75, 3.05) is 0 Å². The van der Waals surface area contributed by atoms with Gasteiger partial charge in [-0.2, -0.15) is 5.10 Å². The molecule has 1 amide bonds. The van der Waals surface area contributed by atoms with Crippen LogP contribution in [0, 0.1) is 0 Å². The number of carbonyl (C=O) groups excluding carboxylic acids is 1. The molecule has 0 aliphatic rings. The van der Waals surface area contributed by atoms with E-state index in [9.17, 15) is 4.79 Å². The molecule has 3 aromatic carbocycles. The molecule has 4 nitrogen and oxygen atoms in total. The van der Waals surface area contributed by atoms with Gasteiger partial charge in [0.2, 0.25) is 5.91 Å². The van der Waals surface area contributed by atoms with Gasteiger partial charge in [0.1, 0.15) is 11.7 Å². The van der Waals surface area contributed by atoms with E-state index in [1.165, 1.54) is 0 Å². The van der Waals surface area contributed by atoms with Gasteiger partial charge in [-0.15, -0.1) is 0 Å². The Labute approximate surface area is 175 Å². The maximum Gasteiger partial charge on any atom is 0.245 e. The number of hydrogen-bond donors (Lipinski definition) is 1. The summed E-state index contributed by atoms with van der Waals surface area (Å²) in [6.07, 6.45) is 0. The molecule has 1 heterocycles. The molecule has 0 aliphatic heterocycles. The summed E-state index contributed by atoms with van der Waals surface area (Å²) in [6, 6.07) is 25.0. The number of benzene rings is 3. The lowest BCUT2D eigenvalue weighted by atomic mass is 10.1. The van der Waals surface area contributed by atoms with Gasteiger partial charge in [0.05, 0.1) is 11.6 Å². The van der Waals surface area contributed by atoms with Crippen molar-refractivity contribution in [2.24, 2.45) is 0 Å². The van der Waals surface area contributed by atoms with Crippen LogP contribution in [0.3, 0.4) is 0 Å². The molecular weight excluding hydrogens is 382 g/mol. The maximum atomic E-state index is 13.0. The minimum Gasteiger partial charge on any atom is -0.348 e. The van der Waals surface area contributed by atoms with Gasteiger partial charge < -0.3 is 5.32 Å². The Morgan fingerprint density at radius 2 is 1.62 bits per heavy atom. The molecule has 5 heteroatoms. The number of nitrogens with one attached hydrogen (secondary N) is 1. The summed E-state index contributed by atoms with van der Waals surface area (Å²) in [6.45, 7) is 3.85. The normalized spacial score (nSPS) is 13.2. The lowest BCUT2D eigenvalue weighted by molar-refractivity contribution is -0.124. The smallest absolute Gasteiger partial charge is 0.245 e. The van der Waals surface area contributed by atoms with Gasteiger partial charge in [0, 0.05) is 16.0 Å². The monoisotopic (exact) mass is 403 g/mol. The van der Waals surface area contributed by atoms with E-state index in [4.69, 9.17) is 16.7 Å². The Morgan fingerprint density at radius 3 is 2.31 bits per heavy atom. The fraction of sp³-hybridized carbons (Fsp3) is 0.167. The number of halogens is 1. The Morgan fingerprint density at radius 1 is 0.966 bits per heavy atom. The molecule has 1 N–H and O–H groups in total. The van der Waals surface area contributed by atoms with Crippen LogP contribution >= 0.6 is 11.6 Å². The van der Waals surface area contributed by atoms with Gasteiger partial charge in [-0.05, 0) is 37.6 Å². The topological polar surface area (TPSA) is 46.9 Å². The molecule has 146 valence electrons. The molecule has 0 radical (unpaired) electrons. The van der Waals surface area contributed by atoms with E-state index >= 15 is 0 Å². The average molecular weight is 404 g/mol. The molecule has 4 aromatic rings. The van der Waals surface area contributed by atoms with E-state index in [1.54, 1.807) is 4.68 Å². The van der Waals surface area contributed by atoms with Crippen LogP contribution in [0.4, 0.5) is 0 Å². The van der Waals surface area contributed by atoms with E-state index in [0.717, 1.165) is 27.7 Å². The summed E-state index contributed by atoms with van der Waals surface area (Å²) >= 11 is 6.25. The summed E-state index contributed by atoms with van der Waals surface area (Å²) in [7, 11) is 0. The van der Waals surface area contributed by atoms with Gasteiger partial charge in [-0.1, -0.05) is 72.3 Å². The Hall–Kier alpha value is -3.11. The van der Waals surface area contributed by atoms with Crippen LogP contribution in [0.5, 0.6) is 0 Å². The molecular formula is C24H22ClN3O. The fourth-order valence-corrected chi connectivity index (χ4v) is 3.66. The summed E-state index contributed by atoms with van der Waals surface area (Å²) in [5.74, 6) is -0.0830. The minimum atomic E-state index is -0.470. The van der Waals surface area contributed by atoms with Crippen LogP contribution in [0.25, 0.3) is 22.2 Å². The van der Waals surface area contributed by atoms with Crippen molar-refractivity contribution in [2.45, 2.75) is 25.9 Å². The first-order chi connectivity index (χ1) is 14.0. The van der Waals surface area contributed by atoms with Gasteiger partial charge in [0.15, 0.2) is 0 Å². The van der Waals surface area contributed by atoms with Crippen molar-refractivity contribution in [3.05, 3.63) is 89.4 Å². The van der Waals surface area contributed by atoms with Crippen molar-refractivity contribution in [3.63, 3.8) is 0 Å². The number of rotatable bonds is 5. The first-order valence-electron chi connectivity index (χ1n) is 9.63. The zero-order valence-electron chi connectivity index (χ0n) is 16.3. The molecule has 0 fully saturated rings. The van der Waals surface area contributed by atoms with Crippen LogP contribution in [0.1, 0.15) is 31.5 Å². The van der Waals surface area contributed by atoms with Crippen LogP contribution < -0.4 is 5.32 Å². The van der Waals surface area contributed by atoms with Crippen LogP contribution in [-0.4, -0.2) is 15.7 Å². The van der Waals surface area contributed by atoms with Crippen molar-refractivity contribution in [3.8, 4) is 11.3 Å². The van der Waals surface area contributed by atoms with Crippen molar-refractivity contribution in [1.82, 2.24) is 15.1 Å². The highest BCUT2D eigenvalue weighted by atomic mass is 35.5. The number of carbonyl (C=O) groups is 1. The summed E-state index contributed by atoms with van der Waals surface area (Å²) < 4.78 is 1.78. The van der Waals surface area contributed by atoms with Crippen molar-refractivity contribution >= 4 is 28.4 Å². The highest BCUT2D eigenvalue weighted by Crippen LogP contribution is 2.31. The zero-order valence-corrected chi connectivity index (χ0v) is 17.1. The number of amides is 1. The highest BCUT2D eigenvalue weighted by Gasteiger charge is 2.22. The average Bonchev–Trinajstić information content (AvgIpc) is 3.13. The van der Waals surface area contributed by atoms with E-state index in [0.29, 0.717) is 5.02 Å². The Bertz CT molecular complexity index is 1140. The third-order valence-corrected chi connectivity index (χ3v) is 5.36. The summed E-state index contributed by atoms with van der Waals surface area (Å²) in [4.78, 5) is 13.0. The second-order valence-corrected chi connectivity index (χ2v) is 7.57. The molecule has 0 saturated heterocycles. The Kier molecular flexibility index (Phi) is 5.36. The predicted octanol–water partition coefficient (Wildman–Crippen LogP) is 5.80. The van der Waals surface area contributed by atoms with E-state index in [2.05, 4.69) is 5.32 Å². The van der Waals surface area contributed by atoms with E-state index in [1.807, 2.05) is 92.7 Å². The highest BCUT2D eigenvalue weighted by molar-refractivity contribution is 6.31.